The van der Waals surface area contributed by atoms with Gasteiger partial charge in [0.2, 0.25) is 11.8 Å². The molecule has 1 aromatic rings. The van der Waals surface area contributed by atoms with Gasteiger partial charge < -0.3 is 11.1 Å². The first-order valence-corrected chi connectivity index (χ1v) is 6.08. The van der Waals surface area contributed by atoms with Crippen LogP contribution in [0.4, 0.5) is 0 Å². The number of carbonyl (C=O) groups excluding carboxylic acids is 2. The van der Waals surface area contributed by atoms with Crippen LogP contribution in [-0.2, 0) is 16.1 Å². The molecule has 0 saturated heterocycles. The van der Waals surface area contributed by atoms with E-state index in [1.807, 2.05) is 38.1 Å². The third-order valence-electron chi connectivity index (χ3n) is 2.69. The molecule has 0 bridgehead atoms. The number of carbonyl (C=O) groups is 2. The standard InChI is InChI=1S/C14H20N2O2/c1-10-3-5-12(6-4-10)9-16-14(18)8-11(2)7-13(15)17/h3-6,11H,7-9H2,1-2H3,(H2,15,17)(H,16,18). The van der Waals surface area contributed by atoms with Gasteiger partial charge in [-0.05, 0) is 18.4 Å². The fraction of sp³-hybridized carbons (Fsp3) is 0.429. The SMILES string of the molecule is Cc1ccc(CNC(=O)CC(C)CC(N)=O)cc1. The first-order valence-electron chi connectivity index (χ1n) is 6.08. The van der Waals surface area contributed by atoms with Gasteiger partial charge in [-0.15, -0.1) is 0 Å². The molecular formula is C14H20N2O2. The minimum atomic E-state index is -0.367. The minimum absolute atomic E-state index is 0.0134. The molecule has 0 aliphatic carbocycles. The second-order valence-corrected chi connectivity index (χ2v) is 4.74. The van der Waals surface area contributed by atoms with E-state index in [9.17, 15) is 9.59 Å². The summed E-state index contributed by atoms with van der Waals surface area (Å²) in [6, 6.07) is 8.00. The number of nitrogens with two attached hydrogens (primary N) is 1. The second-order valence-electron chi connectivity index (χ2n) is 4.74. The van der Waals surface area contributed by atoms with Crippen molar-refractivity contribution in [3.8, 4) is 0 Å². The predicted octanol–water partition coefficient (Wildman–Crippen LogP) is 1.51. The lowest BCUT2D eigenvalue weighted by molar-refractivity contribution is -0.122. The first kappa shape index (κ1) is 14.2. The topological polar surface area (TPSA) is 72.2 Å². The summed E-state index contributed by atoms with van der Waals surface area (Å²) in [5.41, 5.74) is 7.34. The Labute approximate surface area is 108 Å². The van der Waals surface area contributed by atoms with Gasteiger partial charge in [0, 0.05) is 19.4 Å². The third-order valence-corrected chi connectivity index (χ3v) is 2.69. The summed E-state index contributed by atoms with van der Waals surface area (Å²) >= 11 is 0. The highest BCUT2D eigenvalue weighted by Crippen LogP contribution is 2.07. The summed E-state index contributed by atoms with van der Waals surface area (Å²) in [4.78, 5) is 22.3. The minimum Gasteiger partial charge on any atom is -0.370 e. The molecule has 98 valence electrons. The van der Waals surface area contributed by atoms with E-state index in [0.717, 1.165) is 5.56 Å². The molecule has 0 aromatic heterocycles. The summed E-state index contributed by atoms with van der Waals surface area (Å²) in [5.74, 6) is -0.432. The molecule has 1 atom stereocenters. The fourth-order valence-corrected chi connectivity index (χ4v) is 1.71. The van der Waals surface area contributed by atoms with Crippen molar-refractivity contribution in [3.05, 3.63) is 35.4 Å². The third kappa shape index (κ3) is 5.48. The van der Waals surface area contributed by atoms with Gasteiger partial charge in [0.25, 0.3) is 0 Å². The van der Waals surface area contributed by atoms with Gasteiger partial charge in [0.15, 0.2) is 0 Å². The fourth-order valence-electron chi connectivity index (χ4n) is 1.71. The first-order chi connectivity index (χ1) is 8.47. The van der Waals surface area contributed by atoms with Crippen molar-refractivity contribution in [2.24, 2.45) is 11.7 Å². The molecule has 0 heterocycles. The molecule has 1 rings (SSSR count). The molecular weight excluding hydrogens is 228 g/mol. The maximum absolute atomic E-state index is 11.6. The molecule has 0 saturated carbocycles. The number of nitrogens with one attached hydrogen (secondary N) is 1. The lowest BCUT2D eigenvalue weighted by atomic mass is 10.0. The summed E-state index contributed by atoms with van der Waals surface area (Å²) in [7, 11) is 0. The number of rotatable bonds is 6. The Morgan fingerprint density at radius 1 is 1.22 bits per heavy atom. The van der Waals surface area contributed by atoms with Crippen LogP contribution in [0.1, 0.15) is 30.9 Å². The average Bonchev–Trinajstić information content (AvgIpc) is 2.27. The Morgan fingerprint density at radius 3 is 2.39 bits per heavy atom. The van der Waals surface area contributed by atoms with Crippen molar-refractivity contribution >= 4 is 11.8 Å². The molecule has 3 N–H and O–H groups in total. The number of aryl methyl sites for hydroxylation is 1. The molecule has 18 heavy (non-hydrogen) atoms. The Morgan fingerprint density at radius 2 is 1.83 bits per heavy atom. The number of benzene rings is 1. The van der Waals surface area contributed by atoms with Crippen molar-refractivity contribution < 1.29 is 9.59 Å². The zero-order valence-electron chi connectivity index (χ0n) is 10.9. The molecule has 4 nitrogen and oxygen atoms in total. The summed E-state index contributed by atoms with van der Waals surface area (Å²) in [5, 5.41) is 2.83. The second kappa shape index (κ2) is 6.79. The Bertz CT molecular complexity index is 412. The molecule has 0 radical (unpaired) electrons. The van der Waals surface area contributed by atoms with E-state index in [2.05, 4.69) is 5.32 Å². The van der Waals surface area contributed by atoms with Crippen LogP contribution in [0.2, 0.25) is 0 Å². The lowest BCUT2D eigenvalue weighted by Crippen LogP contribution is -2.26. The van der Waals surface area contributed by atoms with Crippen molar-refractivity contribution in [1.82, 2.24) is 5.32 Å². The Kier molecular flexibility index (Phi) is 5.36. The number of primary amides is 1. The van der Waals surface area contributed by atoms with Crippen molar-refractivity contribution in [3.63, 3.8) is 0 Å². The van der Waals surface area contributed by atoms with E-state index in [1.165, 1.54) is 5.56 Å². The van der Waals surface area contributed by atoms with Crippen LogP contribution in [0, 0.1) is 12.8 Å². The summed E-state index contributed by atoms with van der Waals surface area (Å²) in [6.07, 6.45) is 0.576. The highest BCUT2D eigenvalue weighted by molar-refractivity contribution is 5.78. The quantitative estimate of drug-likeness (QED) is 0.801. The summed E-state index contributed by atoms with van der Waals surface area (Å²) < 4.78 is 0. The normalized spacial score (nSPS) is 11.9. The molecule has 0 aliphatic rings. The Balaban J connectivity index is 2.32. The van der Waals surface area contributed by atoms with E-state index < -0.39 is 0 Å². The van der Waals surface area contributed by atoms with Crippen molar-refractivity contribution in [1.29, 1.82) is 0 Å². The van der Waals surface area contributed by atoms with Gasteiger partial charge in [-0.3, -0.25) is 9.59 Å². The van der Waals surface area contributed by atoms with Gasteiger partial charge in [0.1, 0.15) is 0 Å². The highest BCUT2D eigenvalue weighted by atomic mass is 16.2. The van der Waals surface area contributed by atoms with Crippen LogP contribution in [0.3, 0.4) is 0 Å². The molecule has 0 spiro atoms. The predicted molar refractivity (Wildman–Crippen MR) is 70.6 cm³/mol. The van der Waals surface area contributed by atoms with Crippen LogP contribution in [-0.4, -0.2) is 11.8 Å². The van der Waals surface area contributed by atoms with Gasteiger partial charge in [-0.1, -0.05) is 36.8 Å². The van der Waals surface area contributed by atoms with Crippen LogP contribution in [0.5, 0.6) is 0 Å². The molecule has 2 amide bonds. The van der Waals surface area contributed by atoms with Gasteiger partial charge in [0.05, 0.1) is 0 Å². The molecule has 1 unspecified atom stereocenters. The van der Waals surface area contributed by atoms with E-state index in [-0.39, 0.29) is 24.2 Å². The Hall–Kier alpha value is -1.84. The zero-order valence-corrected chi connectivity index (χ0v) is 10.9. The monoisotopic (exact) mass is 248 g/mol. The van der Waals surface area contributed by atoms with Gasteiger partial charge in [-0.2, -0.15) is 0 Å². The largest absolute Gasteiger partial charge is 0.370 e. The van der Waals surface area contributed by atoms with Crippen LogP contribution >= 0.6 is 0 Å². The van der Waals surface area contributed by atoms with E-state index in [0.29, 0.717) is 13.0 Å². The van der Waals surface area contributed by atoms with E-state index >= 15 is 0 Å². The smallest absolute Gasteiger partial charge is 0.220 e. The number of hydrogen-bond acceptors (Lipinski definition) is 2. The van der Waals surface area contributed by atoms with Crippen LogP contribution in [0.15, 0.2) is 24.3 Å². The lowest BCUT2D eigenvalue weighted by Gasteiger charge is -2.10. The number of hydrogen-bond donors (Lipinski definition) is 2. The maximum atomic E-state index is 11.6. The van der Waals surface area contributed by atoms with Gasteiger partial charge >= 0.3 is 0 Å². The summed E-state index contributed by atoms with van der Waals surface area (Å²) in [6.45, 7) is 4.38. The average molecular weight is 248 g/mol. The van der Waals surface area contributed by atoms with E-state index in [4.69, 9.17) is 5.73 Å². The van der Waals surface area contributed by atoms with Crippen LogP contribution < -0.4 is 11.1 Å². The zero-order chi connectivity index (χ0) is 13.5. The molecule has 4 heteroatoms. The molecule has 0 aliphatic heterocycles. The highest BCUT2D eigenvalue weighted by Gasteiger charge is 2.11. The van der Waals surface area contributed by atoms with Crippen molar-refractivity contribution in [2.75, 3.05) is 0 Å². The van der Waals surface area contributed by atoms with Gasteiger partial charge in [-0.25, -0.2) is 0 Å². The van der Waals surface area contributed by atoms with Crippen LogP contribution in [0.25, 0.3) is 0 Å². The maximum Gasteiger partial charge on any atom is 0.220 e. The number of amides is 2. The van der Waals surface area contributed by atoms with E-state index in [1.54, 1.807) is 0 Å². The molecule has 1 aromatic carbocycles. The van der Waals surface area contributed by atoms with Crippen molar-refractivity contribution in [2.45, 2.75) is 33.2 Å². The molecule has 0 fully saturated rings.